The van der Waals surface area contributed by atoms with E-state index < -0.39 is 0 Å². The summed E-state index contributed by atoms with van der Waals surface area (Å²) in [5, 5.41) is 3.59. The molecule has 88 valence electrons. The fourth-order valence-corrected chi connectivity index (χ4v) is 2.04. The predicted molar refractivity (Wildman–Crippen MR) is 65.1 cm³/mol. The van der Waals surface area contributed by atoms with Crippen molar-refractivity contribution in [3.63, 3.8) is 0 Å². The zero-order valence-electron chi connectivity index (χ0n) is 10.2. The quantitative estimate of drug-likeness (QED) is 0.654. The molecule has 1 saturated heterocycles. The minimum atomic E-state index is 0.417. The Morgan fingerprint density at radius 2 is 2.33 bits per heavy atom. The average molecular weight is 211 g/mol. The lowest BCUT2D eigenvalue weighted by molar-refractivity contribution is 0.0782. The summed E-state index contributed by atoms with van der Waals surface area (Å²) in [6, 6.07) is 0.486. The lowest BCUT2D eigenvalue weighted by atomic mass is 9.99. The molecule has 0 aliphatic carbocycles. The van der Waals surface area contributed by atoms with Crippen LogP contribution in [0.3, 0.4) is 0 Å². The van der Waals surface area contributed by atoms with Crippen LogP contribution in [-0.4, -0.2) is 25.3 Å². The van der Waals surface area contributed by atoms with Gasteiger partial charge < -0.3 is 10.1 Å². The largest absolute Gasteiger partial charge is 0.377 e. The third-order valence-corrected chi connectivity index (χ3v) is 3.08. The van der Waals surface area contributed by atoms with Crippen molar-refractivity contribution in [3.05, 3.63) is 12.2 Å². The van der Waals surface area contributed by atoms with Crippen LogP contribution in [0.4, 0.5) is 0 Å². The molecule has 0 aromatic carbocycles. The Morgan fingerprint density at radius 1 is 1.53 bits per heavy atom. The Kier molecular flexibility index (Phi) is 5.96. The minimum absolute atomic E-state index is 0.417. The maximum Gasteiger partial charge on any atom is 0.0732 e. The molecule has 0 amide bonds. The van der Waals surface area contributed by atoms with E-state index >= 15 is 0 Å². The highest BCUT2D eigenvalue weighted by Crippen LogP contribution is 2.20. The highest BCUT2D eigenvalue weighted by atomic mass is 16.5. The number of hydrogen-bond donors (Lipinski definition) is 1. The van der Waals surface area contributed by atoms with Gasteiger partial charge in [-0.2, -0.15) is 0 Å². The van der Waals surface area contributed by atoms with Gasteiger partial charge in [0, 0.05) is 12.6 Å². The second-order valence-electron chi connectivity index (χ2n) is 4.42. The van der Waals surface area contributed by atoms with Gasteiger partial charge in [0.2, 0.25) is 0 Å². The molecule has 2 atom stereocenters. The lowest BCUT2D eigenvalue weighted by Gasteiger charge is -2.24. The lowest BCUT2D eigenvalue weighted by Crippen LogP contribution is -2.40. The SMILES string of the molecule is C=C(CC)CC(NCCC)C1CCCO1. The molecule has 1 aliphatic heterocycles. The molecule has 1 fully saturated rings. The van der Waals surface area contributed by atoms with Crippen LogP contribution in [0.1, 0.15) is 46.0 Å². The van der Waals surface area contributed by atoms with Gasteiger partial charge in [-0.05, 0) is 38.6 Å². The average Bonchev–Trinajstić information content (AvgIpc) is 2.77. The fraction of sp³-hybridized carbons (Fsp3) is 0.846. The second-order valence-corrected chi connectivity index (χ2v) is 4.42. The van der Waals surface area contributed by atoms with E-state index in [1.54, 1.807) is 0 Å². The molecule has 2 nitrogen and oxygen atoms in total. The molecule has 15 heavy (non-hydrogen) atoms. The first-order valence-corrected chi connectivity index (χ1v) is 6.29. The van der Waals surface area contributed by atoms with Gasteiger partial charge in [-0.3, -0.25) is 0 Å². The molecule has 0 saturated carbocycles. The first kappa shape index (κ1) is 12.7. The zero-order valence-corrected chi connectivity index (χ0v) is 10.2. The van der Waals surface area contributed by atoms with E-state index in [0.29, 0.717) is 12.1 Å². The molecule has 1 aliphatic rings. The molecular formula is C13H25NO. The Hall–Kier alpha value is -0.340. The molecular weight excluding hydrogens is 186 g/mol. The molecule has 2 heteroatoms. The van der Waals surface area contributed by atoms with E-state index in [4.69, 9.17) is 4.74 Å². The summed E-state index contributed by atoms with van der Waals surface area (Å²) in [5.41, 5.74) is 1.33. The monoisotopic (exact) mass is 211 g/mol. The van der Waals surface area contributed by atoms with E-state index in [2.05, 4.69) is 25.7 Å². The van der Waals surface area contributed by atoms with Crippen molar-refractivity contribution in [3.8, 4) is 0 Å². The maximum atomic E-state index is 5.75. The van der Waals surface area contributed by atoms with Crippen LogP contribution in [0, 0.1) is 0 Å². The van der Waals surface area contributed by atoms with Crippen molar-refractivity contribution in [2.24, 2.45) is 0 Å². The van der Waals surface area contributed by atoms with Crippen LogP contribution in [0.2, 0.25) is 0 Å². The molecule has 0 aromatic rings. The molecule has 1 rings (SSSR count). The Bertz CT molecular complexity index is 185. The third-order valence-electron chi connectivity index (χ3n) is 3.08. The van der Waals surface area contributed by atoms with Crippen LogP contribution in [0.15, 0.2) is 12.2 Å². The van der Waals surface area contributed by atoms with Crippen molar-refractivity contribution >= 4 is 0 Å². The summed E-state index contributed by atoms with van der Waals surface area (Å²) in [4.78, 5) is 0. The summed E-state index contributed by atoms with van der Waals surface area (Å²) in [5.74, 6) is 0. The number of hydrogen-bond acceptors (Lipinski definition) is 2. The normalized spacial score (nSPS) is 22.9. The van der Waals surface area contributed by atoms with E-state index in [0.717, 1.165) is 26.0 Å². The molecule has 2 unspecified atom stereocenters. The predicted octanol–water partition coefficient (Wildman–Crippen LogP) is 2.89. The third kappa shape index (κ3) is 4.35. The highest BCUT2D eigenvalue weighted by Gasteiger charge is 2.25. The number of nitrogens with one attached hydrogen (secondary N) is 1. The smallest absolute Gasteiger partial charge is 0.0732 e. The summed E-state index contributed by atoms with van der Waals surface area (Å²) in [6.45, 7) is 10.5. The van der Waals surface area contributed by atoms with E-state index in [9.17, 15) is 0 Å². The molecule has 0 spiro atoms. The Balaban J connectivity index is 2.40. The molecule has 0 bridgehead atoms. The van der Waals surface area contributed by atoms with Gasteiger partial charge in [-0.15, -0.1) is 0 Å². The van der Waals surface area contributed by atoms with Crippen LogP contribution < -0.4 is 5.32 Å². The van der Waals surface area contributed by atoms with Gasteiger partial charge in [0.25, 0.3) is 0 Å². The summed E-state index contributed by atoms with van der Waals surface area (Å²) < 4.78 is 5.75. The van der Waals surface area contributed by atoms with Crippen molar-refractivity contribution in [1.29, 1.82) is 0 Å². The van der Waals surface area contributed by atoms with Gasteiger partial charge >= 0.3 is 0 Å². The van der Waals surface area contributed by atoms with Gasteiger partial charge in [0.05, 0.1) is 6.10 Å². The summed E-state index contributed by atoms with van der Waals surface area (Å²) >= 11 is 0. The summed E-state index contributed by atoms with van der Waals surface area (Å²) in [6.07, 6.45) is 6.17. The van der Waals surface area contributed by atoms with Crippen LogP contribution >= 0.6 is 0 Å². The van der Waals surface area contributed by atoms with Crippen LogP contribution in [-0.2, 0) is 4.74 Å². The Morgan fingerprint density at radius 3 is 2.87 bits per heavy atom. The van der Waals surface area contributed by atoms with E-state index in [1.807, 2.05) is 0 Å². The zero-order chi connectivity index (χ0) is 11.1. The topological polar surface area (TPSA) is 21.3 Å². The van der Waals surface area contributed by atoms with E-state index in [1.165, 1.54) is 24.8 Å². The van der Waals surface area contributed by atoms with E-state index in [-0.39, 0.29) is 0 Å². The Labute approximate surface area is 94.1 Å². The first-order valence-electron chi connectivity index (χ1n) is 6.29. The first-order chi connectivity index (χ1) is 7.27. The van der Waals surface area contributed by atoms with Gasteiger partial charge in [-0.1, -0.05) is 26.0 Å². The number of ether oxygens (including phenoxy) is 1. The van der Waals surface area contributed by atoms with Gasteiger partial charge in [-0.25, -0.2) is 0 Å². The fourth-order valence-electron chi connectivity index (χ4n) is 2.04. The maximum absolute atomic E-state index is 5.75. The molecule has 1 N–H and O–H groups in total. The van der Waals surface area contributed by atoms with Crippen molar-refractivity contribution in [2.45, 2.75) is 58.1 Å². The minimum Gasteiger partial charge on any atom is -0.377 e. The molecule has 1 heterocycles. The highest BCUT2D eigenvalue weighted by molar-refractivity contribution is 4.99. The molecule has 0 aromatic heterocycles. The van der Waals surface area contributed by atoms with Crippen molar-refractivity contribution < 1.29 is 4.74 Å². The van der Waals surface area contributed by atoms with Crippen molar-refractivity contribution in [2.75, 3.05) is 13.2 Å². The van der Waals surface area contributed by atoms with Gasteiger partial charge in [0.15, 0.2) is 0 Å². The molecule has 0 radical (unpaired) electrons. The number of rotatable bonds is 7. The second kappa shape index (κ2) is 7.02. The summed E-state index contributed by atoms with van der Waals surface area (Å²) in [7, 11) is 0. The van der Waals surface area contributed by atoms with Crippen LogP contribution in [0.5, 0.6) is 0 Å². The standard InChI is InChI=1S/C13H25NO/c1-4-8-14-12(10-11(3)5-2)13-7-6-9-15-13/h12-14H,3-10H2,1-2H3. The van der Waals surface area contributed by atoms with Crippen molar-refractivity contribution in [1.82, 2.24) is 5.32 Å². The van der Waals surface area contributed by atoms with Gasteiger partial charge in [0.1, 0.15) is 0 Å². The van der Waals surface area contributed by atoms with Crippen LogP contribution in [0.25, 0.3) is 0 Å².